The highest BCUT2D eigenvalue weighted by atomic mass is 32.2. The Bertz CT molecular complexity index is 779. The Labute approximate surface area is 145 Å². The highest BCUT2D eigenvalue weighted by Crippen LogP contribution is 2.33. The number of rotatable bonds is 3. The van der Waals surface area contributed by atoms with Gasteiger partial charge in [0.15, 0.2) is 21.3 Å². The quantitative estimate of drug-likeness (QED) is 0.737. The Morgan fingerprint density at radius 1 is 1.16 bits per heavy atom. The number of nitrogens with one attached hydrogen (secondary N) is 2. The number of amides is 2. The molecule has 8 nitrogen and oxygen atoms in total. The van der Waals surface area contributed by atoms with E-state index >= 15 is 0 Å². The van der Waals surface area contributed by atoms with Gasteiger partial charge in [0.25, 0.3) is 5.91 Å². The van der Waals surface area contributed by atoms with Crippen molar-refractivity contribution in [2.75, 3.05) is 11.5 Å². The van der Waals surface area contributed by atoms with E-state index in [2.05, 4.69) is 10.9 Å². The van der Waals surface area contributed by atoms with Gasteiger partial charge in [0.1, 0.15) is 6.10 Å². The number of sulfone groups is 1. The van der Waals surface area contributed by atoms with Gasteiger partial charge in [-0.1, -0.05) is 12.1 Å². The van der Waals surface area contributed by atoms with Crippen LogP contribution >= 0.6 is 0 Å². The number of para-hydroxylation sites is 2. The largest absolute Gasteiger partial charge is 0.482 e. The first-order valence-electron chi connectivity index (χ1n) is 8.05. The molecule has 1 saturated heterocycles. The van der Waals surface area contributed by atoms with Crippen LogP contribution in [-0.2, 0) is 19.4 Å². The molecule has 0 saturated carbocycles. The lowest BCUT2D eigenvalue weighted by atomic mass is 10.1. The smallest absolute Gasteiger partial charge is 0.283 e. The zero-order valence-electron chi connectivity index (χ0n) is 13.7. The van der Waals surface area contributed by atoms with E-state index in [1.807, 2.05) is 0 Å². The molecule has 2 amide bonds. The van der Waals surface area contributed by atoms with Crippen molar-refractivity contribution >= 4 is 21.7 Å². The standard InChI is InChI=1S/C16H20N2O6S/c1-10-15(24-13-5-3-2-4-12(13)23-10)16(20)18-17-14(19)8-11-6-7-25(21,22)9-11/h2-5,10-11,15H,6-9H2,1H3,(H,17,19)(H,18,20). The molecular formula is C16H20N2O6S. The number of hydrogen-bond acceptors (Lipinski definition) is 6. The molecule has 1 fully saturated rings. The van der Waals surface area contributed by atoms with E-state index in [-0.39, 0.29) is 23.8 Å². The molecule has 25 heavy (non-hydrogen) atoms. The van der Waals surface area contributed by atoms with Crippen LogP contribution in [0.1, 0.15) is 19.8 Å². The fourth-order valence-corrected chi connectivity index (χ4v) is 4.82. The average molecular weight is 368 g/mol. The zero-order valence-corrected chi connectivity index (χ0v) is 14.5. The summed E-state index contributed by atoms with van der Waals surface area (Å²) in [6.07, 6.45) is -0.898. The van der Waals surface area contributed by atoms with Gasteiger partial charge in [0, 0.05) is 6.42 Å². The number of carbonyl (C=O) groups is 2. The third kappa shape index (κ3) is 4.22. The van der Waals surface area contributed by atoms with Crippen molar-refractivity contribution in [2.45, 2.75) is 32.0 Å². The average Bonchev–Trinajstić information content (AvgIpc) is 2.90. The summed E-state index contributed by atoms with van der Waals surface area (Å²) in [6, 6.07) is 7.02. The van der Waals surface area contributed by atoms with Crippen LogP contribution in [0.5, 0.6) is 11.5 Å². The number of hydrogen-bond donors (Lipinski definition) is 2. The first kappa shape index (κ1) is 17.5. The van der Waals surface area contributed by atoms with Crippen molar-refractivity contribution in [3.8, 4) is 11.5 Å². The summed E-state index contributed by atoms with van der Waals surface area (Å²) >= 11 is 0. The minimum absolute atomic E-state index is 0.0156. The third-order valence-corrected chi connectivity index (χ3v) is 6.06. The highest BCUT2D eigenvalue weighted by molar-refractivity contribution is 7.91. The van der Waals surface area contributed by atoms with E-state index in [0.29, 0.717) is 17.9 Å². The van der Waals surface area contributed by atoms with Crippen LogP contribution < -0.4 is 20.3 Å². The first-order chi connectivity index (χ1) is 11.8. The molecule has 3 atom stereocenters. The van der Waals surface area contributed by atoms with Crippen molar-refractivity contribution in [3.63, 3.8) is 0 Å². The van der Waals surface area contributed by atoms with E-state index in [0.717, 1.165) is 0 Å². The lowest BCUT2D eigenvalue weighted by Crippen LogP contribution is -2.54. The number of benzene rings is 1. The van der Waals surface area contributed by atoms with Crippen LogP contribution in [0.2, 0.25) is 0 Å². The fraction of sp³-hybridized carbons (Fsp3) is 0.500. The van der Waals surface area contributed by atoms with E-state index in [9.17, 15) is 18.0 Å². The second-order valence-electron chi connectivity index (χ2n) is 6.32. The summed E-state index contributed by atoms with van der Waals surface area (Å²) in [6.45, 7) is 1.70. The molecule has 2 N–H and O–H groups in total. The Hall–Kier alpha value is -2.29. The monoisotopic (exact) mass is 368 g/mol. The first-order valence-corrected chi connectivity index (χ1v) is 9.87. The van der Waals surface area contributed by atoms with Gasteiger partial charge < -0.3 is 9.47 Å². The lowest BCUT2D eigenvalue weighted by molar-refractivity contribution is -0.137. The number of carbonyl (C=O) groups excluding carboxylic acids is 2. The van der Waals surface area contributed by atoms with Crippen LogP contribution in [0.15, 0.2) is 24.3 Å². The van der Waals surface area contributed by atoms with E-state index in [1.54, 1.807) is 31.2 Å². The predicted octanol–water partition coefficient (Wildman–Crippen LogP) is 0.187. The van der Waals surface area contributed by atoms with Crippen LogP contribution in [0.4, 0.5) is 0 Å². The summed E-state index contributed by atoms with van der Waals surface area (Å²) in [5.74, 6) is -0.0196. The lowest BCUT2D eigenvalue weighted by Gasteiger charge is -2.30. The van der Waals surface area contributed by atoms with Crippen LogP contribution in [0, 0.1) is 5.92 Å². The van der Waals surface area contributed by atoms with Gasteiger partial charge in [-0.25, -0.2) is 8.42 Å². The summed E-state index contributed by atoms with van der Waals surface area (Å²) in [4.78, 5) is 24.1. The molecular weight excluding hydrogens is 348 g/mol. The SMILES string of the molecule is CC1Oc2ccccc2OC1C(=O)NNC(=O)CC1CCS(=O)(=O)C1. The zero-order chi connectivity index (χ0) is 18.0. The van der Waals surface area contributed by atoms with Gasteiger partial charge in [0.05, 0.1) is 11.5 Å². The Morgan fingerprint density at radius 2 is 1.84 bits per heavy atom. The maximum atomic E-state index is 12.2. The molecule has 2 aliphatic rings. The second-order valence-corrected chi connectivity index (χ2v) is 8.55. The maximum Gasteiger partial charge on any atom is 0.283 e. The molecule has 1 aromatic rings. The van der Waals surface area contributed by atoms with Gasteiger partial charge in [-0.2, -0.15) is 0 Å². The van der Waals surface area contributed by atoms with Crippen molar-refractivity contribution in [2.24, 2.45) is 5.92 Å². The van der Waals surface area contributed by atoms with Gasteiger partial charge in [-0.05, 0) is 31.4 Å². The van der Waals surface area contributed by atoms with Crippen LogP contribution in [-0.4, -0.2) is 43.9 Å². The molecule has 1 aromatic carbocycles. The Morgan fingerprint density at radius 3 is 2.48 bits per heavy atom. The van der Waals surface area contributed by atoms with Gasteiger partial charge in [0.2, 0.25) is 12.0 Å². The number of ether oxygens (including phenoxy) is 2. The normalized spacial score (nSPS) is 26.7. The van der Waals surface area contributed by atoms with Crippen molar-refractivity contribution in [3.05, 3.63) is 24.3 Å². The summed E-state index contributed by atoms with van der Waals surface area (Å²) in [7, 11) is -3.03. The van der Waals surface area contributed by atoms with E-state index in [1.165, 1.54) is 0 Å². The van der Waals surface area contributed by atoms with Gasteiger partial charge in [-0.15, -0.1) is 0 Å². The Balaban J connectivity index is 1.50. The minimum atomic E-state index is -3.03. The molecule has 0 aromatic heterocycles. The fourth-order valence-electron chi connectivity index (χ4n) is 2.95. The van der Waals surface area contributed by atoms with Crippen LogP contribution in [0.25, 0.3) is 0 Å². The molecule has 0 spiro atoms. The number of hydrazine groups is 1. The molecule has 3 unspecified atom stereocenters. The predicted molar refractivity (Wildman–Crippen MR) is 88.6 cm³/mol. The van der Waals surface area contributed by atoms with Crippen LogP contribution in [0.3, 0.4) is 0 Å². The molecule has 3 rings (SSSR count). The molecule has 0 radical (unpaired) electrons. The van der Waals surface area contributed by atoms with Crippen molar-refractivity contribution < 1.29 is 27.5 Å². The molecule has 136 valence electrons. The van der Waals surface area contributed by atoms with E-state index < -0.39 is 33.9 Å². The molecule has 2 heterocycles. The molecule has 0 aliphatic carbocycles. The van der Waals surface area contributed by atoms with Crippen molar-refractivity contribution in [1.29, 1.82) is 0 Å². The molecule has 0 bridgehead atoms. The summed E-state index contributed by atoms with van der Waals surface area (Å²) in [5.41, 5.74) is 4.62. The third-order valence-electron chi connectivity index (χ3n) is 4.23. The molecule has 9 heteroatoms. The van der Waals surface area contributed by atoms with Crippen molar-refractivity contribution in [1.82, 2.24) is 10.9 Å². The number of fused-ring (bicyclic) bond motifs is 1. The molecule has 2 aliphatic heterocycles. The van der Waals surface area contributed by atoms with E-state index in [4.69, 9.17) is 9.47 Å². The van der Waals surface area contributed by atoms with Gasteiger partial charge in [-0.3, -0.25) is 20.4 Å². The summed E-state index contributed by atoms with van der Waals surface area (Å²) in [5, 5.41) is 0. The van der Waals surface area contributed by atoms with Gasteiger partial charge >= 0.3 is 0 Å². The summed E-state index contributed by atoms with van der Waals surface area (Å²) < 4.78 is 34.1. The maximum absolute atomic E-state index is 12.2. The highest BCUT2D eigenvalue weighted by Gasteiger charge is 2.34. The Kier molecular flexibility index (Phi) is 4.85. The minimum Gasteiger partial charge on any atom is -0.482 e. The topological polar surface area (TPSA) is 111 Å². The second kappa shape index (κ2) is 6.91.